The Morgan fingerprint density at radius 2 is 0.880 bits per heavy atom. The van der Waals surface area contributed by atoms with Gasteiger partial charge in [0.25, 0.3) is 23.6 Å². The van der Waals surface area contributed by atoms with Gasteiger partial charge in [-0.05, 0) is 264 Å². The minimum Gasteiger partial charge on any atom is -0.386 e. The van der Waals surface area contributed by atoms with E-state index in [1.54, 1.807) is 23.5 Å². The van der Waals surface area contributed by atoms with Crippen molar-refractivity contribution in [1.29, 1.82) is 0 Å². The number of nitrogens with one attached hydrogen (secondary N) is 4. The summed E-state index contributed by atoms with van der Waals surface area (Å²) in [5.74, 6) is -3.89. The van der Waals surface area contributed by atoms with Crippen molar-refractivity contribution < 1.29 is 88.4 Å². The normalized spacial score (nSPS) is 33.9. The van der Waals surface area contributed by atoms with Crippen molar-refractivity contribution in [3.05, 3.63) is 146 Å². The molecule has 12 fully saturated rings. The molecule has 4 N–H and O–H groups in total. The smallest absolute Gasteiger partial charge is 0.386 e. The number of amides is 6. The standard InChI is InChI=1S/C35H42N2O4.C31H38F3N5O4.C28H31F4N5O4/c1-34-17-15-27(20-26(34)11-12-28-29-13-14-31(38)35(29,2)18-16-30(28)34)37-41-22-32(39)36-21-23-7-6-10-25(19-23)33(40)24-8-4-3-5-9-24;1-28-13-11-21(15-20(28)7-8-22-23-9-10-25(40)29(23,2)14-12-24(22)28)37-43-17-26(41)36-27(42)35-16-18-3-5-19(6-4-18)30(38-39-30)31(32,33)34;1-27-9-7-14(11-13(27)3-4-15-16-5-6-18(38)28(16,2)10-8-17(15)27)36-41-12-19(39)34-26(40)20-21(29)23(31)25(35-37-33)24(32)22(20)30/h3-10,19,26,28-30H,11-18,20-22H2,1-2H3,(H,36,39);3-6,20,22-24H,7-17H2,1-2H3,(H2,35,36,41,42);13,15-17H,3-12H2,1-2H3,(H,34,39,40)/b37-27+;37-21+;36-14+/t26-,28-,29-,30-,34-,35-;20-,22-,23-,24-,28-,29-;13-,15-,16-,17-,27-,28-/m000/s1. The van der Waals surface area contributed by atoms with Crippen molar-refractivity contribution in [2.45, 2.75) is 240 Å². The molecule has 12 aliphatic carbocycles. The lowest BCUT2D eigenvalue weighted by molar-refractivity contribution is -0.166. The highest BCUT2D eigenvalue weighted by Crippen LogP contribution is 2.69. The molecule has 4 aromatic rings. The molecule has 1 aliphatic heterocycles. The van der Waals surface area contributed by atoms with E-state index in [2.05, 4.69) is 93.2 Å². The van der Waals surface area contributed by atoms with Crippen LogP contribution in [-0.2, 0) is 62.0 Å². The van der Waals surface area contributed by atoms with Crippen molar-refractivity contribution >= 4 is 75.6 Å². The number of nitrogens with zero attached hydrogens (tertiary/aromatic N) is 8. The summed E-state index contributed by atoms with van der Waals surface area (Å²) in [6, 6.07) is 21.2. The molecule has 18 atom stereocenters. The van der Waals surface area contributed by atoms with E-state index >= 15 is 0 Å². The average molecular weight is 1730 g/mol. The number of halogens is 7. The van der Waals surface area contributed by atoms with E-state index in [-0.39, 0.29) is 57.5 Å². The highest BCUT2D eigenvalue weighted by atomic mass is 19.4. The van der Waals surface area contributed by atoms with Crippen molar-refractivity contribution in [3.63, 3.8) is 0 Å². The second kappa shape index (κ2) is 35.6. The summed E-state index contributed by atoms with van der Waals surface area (Å²) in [5.41, 5.74) is 8.23. The molecule has 31 heteroatoms. The second-order valence-corrected chi connectivity index (χ2v) is 39.1. The first kappa shape index (κ1) is 89.8. The first-order valence-electron chi connectivity index (χ1n) is 44.6. The van der Waals surface area contributed by atoms with Gasteiger partial charge in [-0.15, -0.1) is 10.2 Å². The molecule has 0 unspecified atom stereocenters. The molecule has 4 aromatic carbocycles. The van der Waals surface area contributed by atoms with Crippen LogP contribution >= 0.6 is 0 Å². The maximum atomic E-state index is 14.2. The minimum absolute atomic E-state index is 0.00809. The summed E-state index contributed by atoms with van der Waals surface area (Å²) < 4.78 is 95.7. The van der Waals surface area contributed by atoms with E-state index in [1.165, 1.54) is 43.5 Å². The lowest BCUT2D eigenvalue weighted by Gasteiger charge is -2.59. The molecule has 24 nitrogen and oxygen atoms in total. The van der Waals surface area contributed by atoms with Crippen molar-refractivity contribution in [2.24, 2.45) is 134 Å². The van der Waals surface area contributed by atoms with Gasteiger partial charge >= 0.3 is 17.9 Å². The van der Waals surface area contributed by atoms with E-state index in [9.17, 15) is 73.9 Å². The zero-order valence-electron chi connectivity index (χ0n) is 71.7. The third-order valence-corrected chi connectivity index (χ3v) is 33.1. The van der Waals surface area contributed by atoms with Crippen LogP contribution in [0.4, 0.5) is 41.2 Å². The molecule has 668 valence electrons. The highest BCUT2D eigenvalue weighted by Gasteiger charge is 2.66. The Bertz CT molecular complexity index is 5060. The van der Waals surface area contributed by atoms with Crippen molar-refractivity contribution in [1.82, 2.24) is 21.3 Å². The van der Waals surface area contributed by atoms with Crippen LogP contribution in [-0.4, -0.2) is 95.9 Å². The first-order chi connectivity index (χ1) is 59.5. The summed E-state index contributed by atoms with van der Waals surface area (Å²) in [4.78, 5) is 130. The van der Waals surface area contributed by atoms with Crippen LogP contribution in [0.15, 0.2) is 110 Å². The molecule has 12 saturated carbocycles. The van der Waals surface area contributed by atoms with E-state index < -0.39 is 83.3 Å². The predicted octanol–water partition coefficient (Wildman–Crippen LogP) is 19.1. The fourth-order valence-electron chi connectivity index (χ4n) is 26.0. The summed E-state index contributed by atoms with van der Waals surface area (Å²) in [6.07, 6.45) is 21.9. The Balaban J connectivity index is 0.000000145. The molecular weight excluding hydrogens is 1620 g/mol. The quantitative estimate of drug-likeness (QED) is 0.0137. The Hall–Kier alpha value is -10.1. The van der Waals surface area contributed by atoms with Crippen LogP contribution in [0.2, 0.25) is 0 Å². The number of rotatable bonds is 18. The number of benzene rings is 4. The number of oxime groups is 3. The predicted molar refractivity (Wildman–Crippen MR) is 445 cm³/mol. The van der Waals surface area contributed by atoms with Crippen LogP contribution in [0.5, 0.6) is 0 Å². The van der Waals surface area contributed by atoms with E-state index in [0.29, 0.717) is 136 Å². The van der Waals surface area contributed by atoms with Gasteiger partial charge in [0.05, 0.1) is 17.1 Å². The molecular formula is C94H111F7N12O12. The number of hydrogen-bond acceptors (Lipinski definition) is 18. The minimum atomic E-state index is -4.60. The fourth-order valence-corrected chi connectivity index (χ4v) is 26.0. The molecule has 0 aromatic heterocycles. The number of carbonyl (C=O) groups is 9. The van der Waals surface area contributed by atoms with Gasteiger partial charge in [-0.25, -0.2) is 22.4 Å². The molecule has 13 aliphatic rings. The fraction of sp³-hybridized carbons (Fsp3) is 0.617. The third-order valence-electron chi connectivity index (χ3n) is 33.1. The highest BCUT2D eigenvalue weighted by molar-refractivity contribution is 6.09. The average Bonchev–Trinajstić information content (AvgIpc) is 1.62. The zero-order valence-corrected chi connectivity index (χ0v) is 71.7. The summed E-state index contributed by atoms with van der Waals surface area (Å²) >= 11 is 0. The SMILES string of the molecule is C[C@]12CC/C(=N\OCC(=O)NC(=O)NCc3ccc(C4(C(F)(F)F)N=N4)cc3)C[C@@H]1CC[C@@H]1[C@@H]2CC[C@]2(C)C(=O)CC[C@@H]12.C[C@]12CC/C(=N\OCC(=O)NC(=O)c3c(F)c(F)c(N=[N+]=[N-])c(F)c3F)C[C@@H]1CC[C@@H]1[C@@H]2CC[C@]2(C)C(=O)CC[C@@H]12.C[C@]12CC/C(=N\OCC(=O)NCc3cccc(C(=O)c4ccccc4)c3)C[C@@H]1CC[C@@H]1[C@@H]2CC[C@]2(C)C(=O)CC[C@@H]12. The van der Waals surface area contributed by atoms with Gasteiger partial charge in [-0.1, -0.05) is 135 Å². The van der Waals surface area contributed by atoms with Crippen LogP contribution in [0.1, 0.15) is 258 Å². The number of Topliss-reactive ketones (excluding diaryl/α,β-unsaturated/α-hetero) is 3. The van der Waals surface area contributed by atoms with Crippen LogP contribution in [0.3, 0.4) is 0 Å². The monoisotopic (exact) mass is 1730 g/mol. The number of urea groups is 1. The number of imide groups is 2. The maximum Gasteiger partial charge on any atom is 0.442 e. The lowest BCUT2D eigenvalue weighted by Crippen LogP contribution is -2.53. The van der Waals surface area contributed by atoms with Gasteiger partial charge < -0.3 is 25.1 Å². The number of ketones is 4. The largest absolute Gasteiger partial charge is 0.442 e. The summed E-state index contributed by atoms with van der Waals surface area (Å²) in [7, 11) is 0. The van der Waals surface area contributed by atoms with Crippen LogP contribution in [0, 0.1) is 127 Å². The van der Waals surface area contributed by atoms with Gasteiger partial charge in [0.2, 0.25) is 0 Å². The van der Waals surface area contributed by atoms with Gasteiger partial charge in [-0.2, -0.15) is 13.2 Å². The molecule has 6 amide bonds. The number of fused-ring (bicyclic) bond motifs is 15. The van der Waals surface area contributed by atoms with Gasteiger partial charge in [0.1, 0.15) is 28.6 Å². The summed E-state index contributed by atoms with van der Waals surface area (Å²) in [6.45, 7) is 13.0. The molecule has 0 spiro atoms. The molecule has 0 saturated heterocycles. The topological polar surface area (TPSA) is 340 Å². The molecule has 125 heavy (non-hydrogen) atoms. The number of azide groups is 1. The lowest BCUT2D eigenvalue weighted by atomic mass is 9.45. The van der Waals surface area contributed by atoms with Crippen LogP contribution in [0.25, 0.3) is 10.4 Å². The Labute approximate surface area is 721 Å². The van der Waals surface area contributed by atoms with Gasteiger partial charge in [0, 0.05) is 70.2 Å². The van der Waals surface area contributed by atoms with Crippen molar-refractivity contribution in [2.75, 3.05) is 19.8 Å². The Morgan fingerprint density at radius 1 is 0.464 bits per heavy atom. The Kier molecular flexibility index (Phi) is 25.6. The van der Waals surface area contributed by atoms with E-state index in [4.69, 9.17) is 20.0 Å². The van der Waals surface area contributed by atoms with Crippen LogP contribution < -0.4 is 21.3 Å². The zero-order chi connectivity index (χ0) is 88.9. The number of carbonyl (C=O) groups excluding carboxylic acids is 9. The van der Waals surface area contributed by atoms with E-state index in [0.717, 1.165) is 158 Å². The number of hydrogen-bond donors (Lipinski definition) is 4. The first-order valence-corrected chi connectivity index (χ1v) is 44.6. The Morgan fingerprint density at radius 3 is 1.30 bits per heavy atom. The molecule has 17 rings (SSSR count). The second-order valence-electron chi connectivity index (χ2n) is 39.1. The maximum absolute atomic E-state index is 14.2. The van der Waals surface area contributed by atoms with Gasteiger partial charge in [0.15, 0.2) is 48.9 Å². The van der Waals surface area contributed by atoms with Crippen molar-refractivity contribution in [3.8, 4) is 0 Å². The van der Waals surface area contributed by atoms with E-state index in [1.807, 2.05) is 36.4 Å². The molecule has 1 heterocycles. The summed E-state index contributed by atoms with van der Waals surface area (Å²) in [5, 5.41) is 30.8. The molecule has 0 radical (unpaired) electrons. The number of alkyl halides is 3. The molecule has 0 bridgehead atoms. The van der Waals surface area contributed by atoms with Gasteiger partial charge in [-0.3, -0.25) is 49.0 Å². The third kappa shape index (κ3) is 17.3.